The van der Waals surface area contributed by atoms with Crippen LogP contribution in [-0.2, 0) is 4.74 Å². The predicted octanol–water partition coefficient (Wildman–Crippen LogP) is 2.31. The largest absolute Gasteiger partial charge is 0.442 e. The molecule has 5 heterocycles. The lowest BCUT2D eigenvalue weighted by Gasteiger charge is -2.42. The van der Waals surface area contributed by atoms with Gasteiger partial charge in [0.1, 0.15) is 12.0 Å². The average molecular weight is 382 g/mol. The van der Waals surface area contributed by atoms with Gasteiger partial charge < -0.3 is 14.1 Å². The van der Waals surface area contributed by atoms with Gasteiger partial charge in [0.2, 0.25) is 5.89 Å². The van der Waals surface area contributed by atoms with Crippen LogP contribution in [0.25, 0.3) is 11.6 Å². The third-order valence-electron chi connectivity index (χ3n) is 6.88. The van der Waals surface area contributed by atoms with Gasteiger partial charge in [-0.15, -0.1) is 0 Å². The number of piperidine rings is 1. The summed E-state index contributed by atoms with van der Waals surface area (Å²) in [4.78, 5) is 26.0. The van der Waals surface area contributed by atoms with Gasteiger partial charge in [0, 0.05) is 37.8 Å². The van der Waals surface area contributed by atoms with Crippen molar-refractivity contribution < 1.29 is 13.9 Å². The van der Waals surface area contributed by atoms with Gasteiger partial charge in [0.05, 0.1) is 13.2 Å². The molecule has 2 aromatic heterocycles. The molecule has 0 aliphatic carbocycles. The van der Waals surface area contributed by atoms with E-state index in [1.54, 1.807) is 6.20 Å². The molecule has 5 rings (SSSR count). The fourth-order valence-corrected chi connectivity index (χ4v) is 5.30. The molecule has 2 atom stereocenters. The maximum absolute atomic E-state index is 12.9. The van der Waals surface area contributed by atoms with Crippen LogP contribution in [0.4, 0.5) is 0 Å². The smallest absolute Gasteiger partial charge is 0.275 e. The highest BCUT2D eigenvalue weighted by Gasteiger charge is 2.55. The molecule has 3 saturated heterocycles. The van der Waals surface area contributed by atoms with E-state index in [0.717, 1.165) is 52.2 Å². The fraction of sp³-hybridized carbons (Fsp3) is 0.571. The topological polar surface area (TPSA) is 71.7 Å². The maximum atomic E-state index is 12.9. The number of carbonyl (C=O) groups is 1. The first kappa shape index (κ1) is 17.8. The van der Waals surface area contributed by atoms with Crippen LogP contribution in [0.15, 0.2) is 35.1 Å². The van der Waals surface area contributed by atoms with E-state index in [1.807, 2.05) is 23.1 Å². The van der Waals surface area contributed by atoms with Crippen LogP contribution in [0.1, 0.15) is 30.3 Å². The molecule has 28 heavy (non-hydrogen) atoms. The Hall–Kier alpha value is -2.25. The molecule has 3 aliphatic heterocycles. The van der Waals surface area contributed by atoms with E-state index in [0.29, 0.717) is 29.2 Å². The van der Waals surface area contributed by atoms with Crippen molar-refractivity contribution in [3.8, 4) is 11.6 Å². The average Bonchev–Trinajstić information content (AvgIpc) is 3.47. The van der Waals surface area contributed by atoms with Crippen molar-refractivity contribution in [3.63, 3.8) is 0 Å². The van der Waals surface area contributed by atoms with Crippen LogP contribution in [0.3, 0.4) is 0 Å². The van der Waals surface area contributed by atoms with E-state index in [2.05, 4.69) is 21.8 Å². The van der Waals surface area contributed by atoms with Crippen molar-refractivity contribution in [3.05, 3.63) is 36.4 Å². The number of oxazole rings is 1. The summed E-state index contributed by atoms with van der Waals surface area (Å²) in [6, 6.07) is 6.10. The Morgan fingerprint density at radius 2 is 2.14 bits per heavy atom. The van der Waals surface area contributed by atoms with Crippen molar-refractivity contribution in [1.29, 1.82) is 0 Å². The molecule has 0 N–H and O–H groups in total. The van der Waals surface area contributed by atoms with Crippen LogP contribution < -0.4 is 0 Å². The van der Waals surface area contributed by atoms with Crippen LogP contribution in [-0.4, -0.2) is 71.1 Å². The Morgan fingerprint density at radius 3 is 2.89 bits per heavy atom. The molecule has 3 fully saturated rings. The first-order valence-electron chi connectivity index (χ1n) is 10.2. The molecule has 7 heteroatoms. The number of amides is 1. The molecule has 0 saturated carbocycles. The molecule has 0 bridgehead atoms. The lowest BCUT2D eigenvalue weighted by Crippen LogP contribution is -2.47. The summed E-state index contributed by atoms with van der Waals surface area (Å²) >= 11 is 0. The number of fused-ring (bicyclic) bond motifs is 2. The van der Waals surface area contributed by atoms with E-state index in [4.69, 9.17) is 9.15 Å². The summed E-state index contributed by atoms with van der Waals surface area (Å²) in [5.74, 6) is 0.940. The van der Waals surface area contributed by atoms with E-state index < -0.39 is 0 Å². The minimum Gasteiger partial charge on any atom is -0.442 e. The van der Waals surface area contributed by atoms with E-state index in [9.17, 15) is 4.79 Å². The zero-order valence-electron chi connectivity index (χ0n) is 16.2. The van der Waals surface area contributed by atoms with Crippen LogP contribution in [0, 0.1) is 11.3 Å². The number of hydrogen-bond acceptors (Lipinski definition) is 6. The van der Waals surface area contributed by atoms with Crippen molar-refractivity contribution in [2.75, 3.05) is 39.4 Å². The lowest BCUT2D eigenvalue weighted by molar-refractivity contribution is 0.0399. The van der Waals surface area contributed by atoms with Gasteiger partial charge in [-0.1, -0.05) is 13.0 Å². The quantitative estimate of drug-likeness (QED) is 0.811. The van der Waals surface area contributed by atoms with Gasteiger partial charge in [-0.25, -0.2) is 4.98 Å². The zero-order valence-corrected chi connectivity index (χ0v) is 16.2. The van der Waals surface area contributed by atoms with Crippen molar-refractivity contribution in [1.82, 2.24) is 19.8 Å². The number of hydrogen-bond donors (Lipinski definition) is 0. The number of carbonyl (C=O) groups excluding carboxylic acids is 1. The summed E-state index contributed by atoms with van der Waals surface area (Å²) in [7, 11) is 0. The third-order valence-corrected chi connectivity index (χ3v) is 6.88. The summed E-state index contributed by atoms with van der Waals surface area (Å²) < 4.78 is 11.3. The Morgan fingerprint density at radius 1 is 1.29 bits per heavy atom. The SMILES string of the molecule is CCN1CC2(CCN(C(=O)c3coc(-c4ccccn4)n3)CC2)[C@H]2COC[C@H]21. The molecular weight excluding hydrogens is 356 g/mol. The van der Waals surface area contributed by atoms with Gasteiger partial charge in [-0.3, -0.25) is 14.7 Å². The molecule has 148 valence electrons. The molecule has 2 aromatic rings. The van der Waals surface area contributed by atoms with Gasteiger partial charge >= 0.3 is 0 Å². The summed E-state index contributed by atoms with van der Waals surface area (Å²) in [6.45, 7) is 7.71. The Balaban J connectivity index is 1.27. The standard InChI is InChI=1S/C21H26N4O3/c1-2-24-14-21(15-11-27-13-18(15)24)6-9-25(10-7-21)20(26)17-12-28-19(23-17)16-5-3-4-8-22-16/h3-5,8,12,15,18H,2,6-7,9-11,13-14H2,1H3/t15-,18+/m0/s1. The second kappa shape index (κ2) is 6.97. The predicted molar refractivity (Wildman–Crippen MR) is 103 cm³/mol. The number of rotatable bonds is 3. The summed E-state index contributed by atoms with van der Waals surface area (Å²) in [6.07, 6.45) is 5.20. The van der Waals surface area contributed by atoms with Gasteiger partial charge in [0.15, 0.2) is 5.69 Å². The molecule has 1 amide bonds. The Labute approximate surface area is 164 Å². The minimum atomic E-state index is -0.0506. The van der Waals surface area contributed by atoms with Crippen LogP contribution >= 0.6 is 0 Å². The maximum Gasteiger partial charge on any atom is 0.275 e. The number of aromatic nitrogens is 2. The van der Waals surface area contributed by atoms with Crippen molar-refractivity contribution in [2.24, 2.45) is 11.3 Å². The number of likely N-dealkylation sites (tertiary alicyclic amines) is 2. The van der Waals surface area contributed by atoms with Crippen molar-refractivity contribution >= 4 is 5.91 Å². The summed E-state index contributed by atoms with van der Waals surface area (Å²) in [5.41, 5.74) is 1.29. The number of nitrogens with zero attached hydrogens (tertiary/aromatic N) is 4. The molecule has 7 nitrogen and oxygen atoms in total. The highest BCUT2D eigenvalue weighted by molar-refractivity contribution is 5.92. The fourth-order valence-electron chi connectivity index (χ4n) is 5.30. The number of pyridine rings is 1. The van der Waals surface area contributed by atoms with Gasteiger partial charge in [-0.05, 0) is 36.9 Å². The number of likely N-dealkylation sites (N-methyl/N-ethyl adjacent to an activating group) is 1. The summed E-state index contributed by atoms with van der Waals surface area (Å²) in [5, 5.41) is 0. The third kappa shape index (κ3) is 2.84. The van der Waals surface area contributed by atoms with E-state index in [1.165, 1.54) is 6.26 Å². The monoisotopic (exact) mass is 382 g/mol. The Bertz CT molecular complexity index is 844. The number of ether oxygens (including phenoxy) is 1. The zero-order chi connectivity index (χ0) is 19.1. The van der Waals surface area contributed by atoms with E-state index >= 15 is 0 Å². The molecule has 0 unspecified atom stereocenters. The van der Waals surface area contributed by atoms with Crippen molar-refractivity contribution in [2.45, 2.75) is 25.8 Å². The molecule has 0 radical (unpaired) electrons. The minimum absolute atomic E-state index is 0.0506. The highest BCUT2D eigenvalue weighted by Crippen LogP contribution is 2.50. The molecular formula is C21H26N4O3. The van der Waals surface area contributed by atoms with Crippen LogP contribution in [0.2, 0.25) is 0 Å². The van der Waals surface area contributed by atoms with E-state index in [-0.39, 0.29) is 11.3 Å². The van der Waals surface area contributed by atoms with Crippen LogP contribution in [0.5, 0.6) is 0 Å². The Kier molecular flexibility index (Phi) is 4.44. The van der Waals surface area contributed by atoms with Gasteiger partial charge in [0.25, 0.3) is 5.91 Å². The second-order valence-electron chi connectivity index (χ2n) is 8.18. The normalized spacial score (nSPS) is 26.7. The second-order valence-corrected chi connectivity index (χ2v) is 8.18. The first-order chi connectivity index (χ1) is 13.7. The molecule has 1 spiro atoms. The lowest BCUT2D eigenvalue weighted by atomic mass is 9.70. The molecule has 0 aromatic carbocycles. The van der Waals surface area contributed by atoms with Gasteiger partial charge in [-0.2, -0.15) is 0 Å². The molecule has 3 aliphatic rings. The first-order valence-corrected chi connectivity index (χ1v) is 10.2. The highest BCUT2D eigenvalue weighted by atomic mass is 16.5.